The largest absolute Gasteiger partial charge is 0.387 e. The molecule has 1 N–H and O–H groups in total. The Morgan fingerprint density at radius 1 is 1.50 bits per heavy atom. The number of hydrogen-bond donors (Lipinski definition) is 1. The minimum atomic E-state index is -0.695. The second-order valence-corrected chi connectivity index (χ2v) is 6.08. The normalized spacial score (nSPS) is 27.5. The molecule has 1 rings (SSSR count). The predicted molar refractivity (Wildman–Crippen MR) is 67.5 cm³/mol. The van der Waals surface area contributed by atoms with Crippen molar-refractivity contribution in [1.29, 1.82) is 0 Å². The van der Waals surface area contributed by atoms with E-state index >= 15 is 0 Å². The standard InChI is InChI=1S/C14H26O2/c1-11(2)7-6-9-14(5,15)12-8-10-13(3,4)16-12/h7,12,15H,6,8-10H2,1-5H3/t12-,14+/m0/s1. The first-order chi connectivity index (χ1) is 7.23. The van der Waals surface area contributed by atoms with Crippen LogP contribution in [-0.4, -0.2) is 22.4 Å². The van der Waals surface area contributed by atoms with Gasteiger partial charge in [0, 0.05) is 0 Å². The van der Waals surface area contributed by atoms with Gasteiger partial charge in [-0.15, -0.1) is 0 Å². The summed E-state index contributed by atoms with van der Waals surface area (Å²) in [6.07, 6.45) is 5.88. The Balaban J connectivity index is 2.48. The molecule has 1 aliphatic rings. The Kier molecular flexibility index (Phi) is 4.19. The van der Waals surface area contributed by atoms with E-state index in [0.717, 1.165) is 25.7 Å². The summed E-state index contributed by atoms with van der Waals surface area (Å²) >= 11 is 0. The van der Waals surface area contributed by atoms with Gasteiger partial charge in [-0.05, 0) is 60.3 Å². The van der Waals surface area contributed by atoms with Crippen LogP contribution in [0.3, 0.4) is 0 Å². The van der Waals surface area contributed by atoms with E-state index in [4.69, 9.17) is 4.74 Å². The predicted octanol–water partition coefficient (Wildman–Crippen LogP) is 3.44. The van der Waals surface area contributed by atoms with Gasteiger partial charge in [-0.2, -0.15) is 0 Å². The maximum Gasteiger partial charge on any atom is 0.0883 e. The molecular formula is C14H26O2. The van der Waals surface area contributed by atoms with Crippen LogP contribution in [0.2, 0.25) is 0 Å². The third-order valence-corrected chi connectivity index (χ3v) is 3.37. The van der Waals surface area contributed by atoms with Crippen molar-refractivity contribution < 1.29 is 9.84 Å². The summed E-state index contributed by atoms with van der Waals surface area (Å²) in [5.41, 5.74) is 0.550. The fourth-order valence-corrected chi connectivity index (χ4v) is 2.23. The molecule has 1 aliphatic heterocycles. The maximum atomic E-state index is 10.4. The fourth-order valence-electron chi connectivity index (χ4n) is 2.23. The minimum Gasteiger partial charge on any atom is -0.387 e. The summed E-state index contributed by atoms with van der Waals surface area (Å²) in [4.78, 5) is 0. The Bertz CT molecular complexity index is 260. The van der Waals surface area contributed by atoms with Crippen LogP contribution in [0, 0.1) is 0 Å². The Morgan fingerprint density at radius 2 is 2.12 bits per heavy atom. The molecule has 2 heteroatoms. The molecule has 1 heterocycles. The number of allylic oxidation sites excluding steroid dienone is 2. The van der Waals surface area contributed by atoms with E-state index in [2.05, 4.69) is 33.8 Å². The highest BCUT2D eigenvalue weighted by Crippen LogP contribution is 2.36. The van der Waals surface area contributed by atoms with E-state index in [0.29, 0.717) is 0 Å². The van der Waals surface area contributed by atoms with Crippen LogP contribution < -0.4 is 0 Å². The average Bonchev–Trinajstić information content (AvgIpc) is 2.45. The fraction of sp³-hybridized carbons (Fsp3) is 0.857. The van der Waals surface area contributed by atoms with Crippen molar-refractivity contribution in [3.05, 3.63) is 11.6 Å². The van der Waals surface area contributed by atoms with Gasteiger partial charge in [0.25, 0.3) is 0 Å². The molecule has 0 spiro atoms. The molecule has 1 fully saturated rings. The third kappa shape index (κ3) is 3.91. The second kappa shape index (κ2) is 4.89. The number of ether oxygens (including phenoxy) is 1. The van der Waals surface area contributed by atoms with E-state index in [1.54, 1.807) is 0 Å². The van der Waals surface area contributed by atoms with E-state index in [-0.39, 0.29) is 11.7 Å². The van der Waals surface area contributed by atoms with E-state index in [1.807, 2.05) is 6.92 Å². The molecule has 2 nitrogen and oxygen atoms in total. The molecule has 0 aromatic rings. The zero-order valence-electron chi connectivity index (χ0n) is 11.3. The summed E-state index contributed by atoms with van der Waals surface area (Å²) < 4.78 is 5.90. The van der Waals surface area contributed by atoms with Crippen LogP contribution in [0.1, 0.15) is 60.3 Å². The van der Waals surface area contributed by atoms with E-state index in [1.165, 1.54) is 5.57 Å². The van der Waals surface area contributed by atoms with Crippen molar-refractivity contribution in [2.45, 2.75) is 77.6 Å². The first-order valence-corrected chi connectivity index (χ1v) is 6.26. The number of hydrogen-bond acceptors (Lipinski definition) is 2. The van der Waals surface area contributed by atoms with Crippen LogP contribution in [0.25, 0.3) is 0 Å². The molecule has 0 radical (unpaired) electrons. The lowest BCUT2D eigenvalue weighted by molar-refractivity contribution is -0.120. The Labute approximate surface area is 99.7 Å². The van der Waals surface area contributed by atoms with Crippen molar-refractivity contribution in [3.8, 4) is 0 Å². The monoisotopic (exact) mass is 226 g/mol. The molecule has 16 heavy (non-hydrogen) atoms. The highest BCUT2D eigenvalue weighted by molar-refractivity contribution is 4.97. The molecule has 0 saturated carbocycles. The van der Waals surface area contributed by atoms with Crippen molar-refractivity contribution in [2.24, 2.45) is 0 Å². The lowest BCUT2D eigenvalue weighted by Crippen LogP contribution is -2.40. The smallest absolute Gasteiger partial charge is 0.0883 e. The van der Waals surface area contributed by atoms with Gasteiger partial charge in [0.1, 0.15) is 0 Å². The molecule has 0 unspecified atom stereocenters. The van der Waals surface area contributed by atoms with Crippen LogP contribution >= 0.6 is 0 Å². The van der Waals surface area contributed by atoms with E-state index < -0.39 is 5.60 Å². The average molecular weight is 226 g/mol. The molecule has 94 valence electrons. The van der Waals surface area contributed by atoms with Crippen molar-refractivity contribution in [1.82, 2.24) is 0 Å². The number of aliphatic hydroxyl groups is 1. The maximum absolute atomic E-state index is 10.4. The van der Waals surface area contributed by atoms with Crippen molar-refractivity contribution >= 4 is 0 Å². The SMILES string of the molecule is CC(C)=CCC[C@@](C)(O)[C@@H]1CCC(C)(C)O1. The molecule has 2 atom stereocenters. The summed E-state index contributed by atoms with van der Waals surface area (Å²) in [5.74, 6) is 0. The lowest BCUT2D eigenvalue weighted by atomic mass is 9.91. The van der Waals surface area contributed by atoms with Gasteiger partial charge < -0.3 is 9.84 Å². The molecule has 0 aromatic heterocycles. The number of rotatable bonds is 4. The van der Waals surface area contributed by atoms with Crippen molar-refractivity contribution in [3.63, 3.8) is 0 Å². The second-order valence-electron chi connectivity index (χ2n) is 6.08. The summed E-state index contributed by atoms with van der Waals surface area (Å²) in [6.45, 7) is 10.3. The molecule has 0 bridgehead atoms. The Morgan fingerprint density at radius 3 is 2.56 bits per heavy atom. The van der Waals surface area contributed by atoms with Gasteiger partial charge in [-0.1, -0.05) is 11.6 Å². The van der Waals surface area contributed by atoms with Crippen LogP contribution in [0.15, 0.2) is 11.6 Å². The Hall–Kier alpha value is -0.340. The topological polar surface area (TPSA) is 29.5 Å². The molecule has 1 saturated heterocycles. The van der Waals surface area contributed by atoms with Crippen LogP contribution in [0.4, 0.5) is 0 Å². The van der Waals surface area contributed by atoms with Gasteiger partial charge in [0.15, 0.2) is 0 Å². The first-order valence-electron chi connectivity index (χ1n) is 6.26. The molecular weight excluding hydrogens is 200 g/mol. The van der Waals surface area contributed by atoms with Gasteiger partial charge in [-0.25, -0.2) is 0 Å². The lowest BCUT2D eigenvalue weighted by Gasteiger charge is -2.31. The molecule has 0 aliphatic carbocycles. The summed E-state index contributed by atoms with van der Waals surface area (Å²) in [7, 11) is 0. The third-order valence-electron chi connectivity index (χ3n) is 3.37. The van der Waals surface area contributed by atoms with Gasteiger partial charge in [-0.3, -0.25) is 0 Å². The first kappa shape index (κ1) is 13.7. The van der Waals surface area contributed by atoms with Gasteiger partial charge in [0.05, 0.1) is 17.3 Å². The molecule has 0 amide bonds. The zero-order valence-corrected chi connectivity index (χ0v) is 11.3. The summed E-state index contributed by atoms with van der Waals surface area (Å²) in [6, 6.07) is 0. The van der Waals surface area contributed by atoms with Crippen LogP contribution in [0.5, 0.6) is 0 Å². The highest BCUT2D eigenvalue weighted by Gasteiger charge is 2.41. The quantitative estimate of drug-likeness (QED) is 0.744. The van der Waals surface area contributed by atoms with Gasteiger partial charge >= 0.3 is 0 Å². The summed E-state index contributed by atoms with van der Waals surface area (Å²) in [5, 5.41) is 10.4. The zero-order chi connectivity index (χ0) is 12.4. The van der Waals surface area contributed by atoms with Crippen molar-refractivity contribution in [2.75, 3.05) is 0 Å². The molecule has 0 aromatic carbocycles. The van der Waals surface area contributed by atoms with Gasteiger partial charge in [0.2, 0.25) is 0 Å². The van der Waals surface area contributed by atoms with E-state index in [9.17, 15) is 5.11 Å². The minimum absolute atomic E-state index is 0.00642. The highest BCUT2D eigenvalue weighted by atomic mass is 16.5. The van der Waals surface area contributed by atoms with Crippen LogP contribution in [-0.2, 0) is 4.74 Å².